The Bertz CT molecular complexity index is 302. The van der Waals surface area contributed by atoms with Crippen molar-refractivity contribution in [1.29, 1.82) is 0 Å². The summed E-state index contributed by atoms with van der Waals surface area (Å²) in [4.78, 5) is 7.61. The Morgan fingerprint density at radius 2 is 1.76 bits per heavy atom. The van der Waals surface area contributed by atoms with Crippen LogP contribution in [0.5, 0.6) is 0 Å². The molecule has 1 rings (SSSR count). The maximum atomic E-state index is 12.1. The summed E-state index contributed by atoms with van der Waals surface area (Å²) in [5, 5.41) is 0. The summed E-state index contributed by atoms with van der Waals surface area (Å²) in [7, 11) is 1.47. The van der Waals surface area contributed by atoms with Crippen molar-refractivity contribution in [3.63, 3.8) is 0 Å². The maximum absolute atomic E-state index is 12.1. The molecule has 0 aliphatic carbocycles. The van der Waals surface area contributed by atoms with Crippen molar-refractivity contribution in [2.75, 3.05) is 39.8 Å². The Balaban J connectivity index is 0.00000400. The van der Waals surface area contributed by atoms with E-state index >= 15 is 0 Å². The molecule has 1 fully saturated rings. The van der Waals surface area contributed by atoms with Gasteiger partial charge in [-0.25, -0.2) is 0 Å². The monoisotopic (exact) mass is 422 g/mol. The number of alkyl halides is 3. The molecule has 1 heterocycles. The van der Waals surface area contributed by atoms with Crippen LogP contribution in [0, 0.1) is 0 Å². The third-order valence-corrected chi connectivity index (χ3v) is 3.35. The first-order valence-corrected chi connectivity index (χ1v) is 7.18. The highest BCUT2D eigenvalue weighted by atomic mass is 127. The van der Waals surface area contributed by atoms with Crippen LogP contribution in [0.15, 0.2) is 4.99 Å². The SMILES string of the molecule is CN(CCCN=C(N)N1CCCCCC1)CC(F)(F)F.I. The van der Waals surface area contributed by atoms with Crippen molar-refractivity contribution in [3.8, 4) is 0 Å². The minimum atomic E-state index is -4.14. The number of hydrogen-bond donors (Lipinski definition) is 1. The third kappa shape index (κ3) is 10.2. The summed E-state index contributed by atoms with van der Waals surface area (Å²) in [6.45, 7) is 1.84. The van der Waals surface area contributed by atoms with Crippen LogP contribution >= 0.6 is 24.0 Å². The average Bonchev–Trinajstić information content (AvgIpc) is 2.61. The van der Waals surface area contributed by atoms with Gasteiger partial charge in [-0.3, -0.25) is 9.89 Å². The molecule has 0 aromatic rings. The second kappa shape index (κ2) is 10.5. The summed E-state index contributed by atoms with van der Waals surface area (Å²) >= 11 is 0. The molecule has 1 aliphatic heterocycles. The van der Waals surface area contributed by atoms with Gasteiger partial charge >= 0.3 is 6.18 Å². The zero-order valence-electron chi connectivity index (χ0n) is 12.5. The van der Waals surface area contributed by atoms with Crippen LogP contribution in [0.4, 0.5) is 13.2 Å². The van der Waals surface area contributed by atoms with E-state index in [1.54, 1.807) is 0 Å². The fourth-order valence-electron chi connectivity index (χ4n) is 2.32. The Morgan fingerprint density at radius 1 is 1.19 bits per heavy atom. The van der Waals surface area contributed by atoms with Gasteiger partial charge in [0.05, 0.1) is 6.54 Å². The van der Waals surface area contributed by atoms with Gasteiger partial charge in [0, 0.05) is 19.6 Å². The molecule has 0 amide bonds. The average molecular weight is 422 g/mol. The smallest absolute Gasteiger partial charge is 0.370 e. The van der Waals surface area contributed by atoms with Crippen molar-refractivity contribution in [1.82, 2.24) is 9.80 Å². The van der Waals surface area contributed by atoms with E-state index in [2.05, 4.69) is 9.89 Å². The van der Waals surface area contributed by atoms with Crippen LogP contribution in [0.2, 0.25) is 0 Å². The highest BCUT2D eigenvalue weighted by Crippen LogP contribution is 2.15. The first-order valence-electron chi connectivity index (χ1n) is 7.18. The lowest BCUT2D eigenvalue weighted by molar-refractivity contribution is -0.143. The van der Waals surface area contributed by atoms with E-state index in [-0.39, 0.29) is 24.0 Å². The van der Waals surface area contributed by atoms with Gasteiger partial charge in [0.15, 0.2) is 5.96 Å². The zero-order chi connectivity index (χ0) is 15.0. The molecule has 0 radical (unpaired) electrons. The predicted molar refractivity (Wildman–Crippen MR) is 90.1 cm³/mol. The summed E-state index contributed by atoms with van der Waals surface area (Å²) in [6, 6.07) is 0. The fraction of sp³-hybridized carbons (Fsp3) is 0.923. The fourth-order valence-corrected chi connectivity index (χ4v) is 2.32. The van der Waals surface area contributed by atoms with Gasteiger partial charge in [0.1, 0.15) is 0 Å². The van der Waals surface area contributed by atoms with Gasteiger partial charge in [-0.1, -0.05) is 12.8 Å². The normalized spacial score (nSPS) is 17.6. The minimum absolute atomic E-state index is 0. The lowest BCUT2D eigenvalue weighted by atomic mass is 10.2. The first kappa shape index (κ1) is 20.8. The van der Waals surface area contributed by atoms with Crippen molar-refractivity contribution in [2.24, 2.45) is 10.7 Å². The molecule has 1 saturated heterocycles. The highest BCUT2D eigenvalue weighted by molar-refractivity contribution is 14.0. The second-order valence-corrected chi connectivity index (χ2v) is 5.35. The summed E-state index contributed by atoms with van der Waals surface area (Å²) in [5.74, 6) is 0.533. The van der Waals surface area contributed by atoms with E-state index < -0.39 is 12.7 Å². The number of aliphatic imine (C=N–C) groups is 1. The molecule has 1 aliphatic rings. The van der Waals surface area contributed by atoms with E-state index in [0.29, 0.717) is 25.5 Å². The first-order chi connectivity index (χ1) is 9.38. The van der Waals surface area contributed by atoms with Crippen LogP contribution in [-0.2, 0) is 0 Å². The predicted octanol–water partition coefficient (Wildman–Crippen LogP) is 2.68. The number of nitrogens with two attached hydrogens (primary N) is 1. The topological polar surface area (TPSA) is 44.9 Å². The number of hydrogen-bond acceptors (Lipinski definition) is 2. The molecule has 21 heavy (non-hydrogen) atoms. The Morgan fingerprint density at radius 3 is 2.29 bits per heavy atom. The molecule has 0 saturated carbocycles. The molecule has 126 valence electrons. The molecule has 0 atom stereocenters. The summed E-state index contributed by atoms with van der Waals surface area (Å²) in [5.41, 5.74) is 5.92. The van der Waals surface area contributed by atoms with Crippen molar-refractivity contribution in [3.05, 3.63) is 0 Å². The molecule has 0 unspecified atom stereocenters. The van der Waals surface area contributed by atoms with E-state index in [1.807, 2.05) is 0 Å². The lowest BCUT2D eigenvalue weighted by Crippen LogP contribution is -2.38. The van der Waals surface area contributed by atoms with Crippen LogP contribution in [-0.4, -0.2) is 61.7 Å². The maximum Gasteiger partial charge on any atom is 0.401 e. The molecule has 0 aromatic heterocycles. The van der Waals surface area contributed by atoms with Gasteiger partial charge in [-0.2, -0.15) is 13.2 Å². The number of likely N-dealkylation sites (tertiary alicyclic amines) is 1. The molecule has 0 aromatic carbocycles. The molecular formula is C13H26F3IN4. The molecule has 0 bridgehead atoms. The van der Waals surface area contributed by atoms with Gasteiger partial charge in [0.2, 0.25) is 0 Å². The van der Waals surface area contributed by atoms with Crippen LogP contribution in [0.25, 0.3) is 0 Å². The number of rotatable bonds is 5. The summed E-state index contributed by atoms with van der Waals surface area (Å²) < 4.78 is 36.4. The van der Waals surface area contributed by atoms with Crippen molar-refractivity contribution >= 4 is 29.9 Å². The number of guanidine groups is 1. The molecule has 2 N–H and O–H groups in total. The van der Waals surface area contributed by atoms with Crippen LogP contribution < -0.4 is 5.73 Å². The molecule has 0 spiro atoms. The van der Waals surface area contributed by atoms with E-state index in [9.17, 15) is 13.2 Å². The number of halogens is 4. The summed E-state index contributed by atoms with van der Waals surface area (Å²) in [6.07, 6.45) is 1.16. The van der Waals surface area contributed by atoms with E-state index in [1.165, 1.54) is 24.8 Å². The Kier molecular flexibility index (Phi) is 10.3. The van der Waals surface area contributed by atoms with Crippen LogP contribution in [0.1, 0.15) is 32.1 Å². The van der Waals surface area contributed by atoms with E-state index in [4.69, 9.17) is 5.73 Å². The van der Waals surface area contributed by atoms with Gasteiger partial charge in [0.25, 0.3) is 0 Å². The van der Waals surface area contributed by atoms with Crippen LogP contribution in [0.3, 0.4) is 0 Å². The van der Waals surface area contributed by atoms with Gasteiger partial charge in [-0.05, 0) is 32.9 Å². The third-order valence-electron chi connectivity index (χ3n) is 3.35. The van der Waals surface area contributed by atoms with Gasteiger partial charge in [-0.15, -0.1) is 24.0 Å². The number of nitrogens with zero attached hydrogens (tertiary/aromatic N) is 3. The lowest BCUT2D eigenvalue weighted by Gasteiger charge is -2.21. The molecule has 8 heteroatoms. The standard InChI is InChI=1S/C13H25F3N4.HI/c1-19(11-13(14,15)16)8-6-7-18-12(17)20-9-4-2-3-5-10-20;/h2-11H2,1H3,(H2,17,18);1H. The minimum Gasteiger partial charge on any atom is -0.370 e. The second-order valence-electron chi connectivity index (χ2n) is 5.35. The van der Waals surface area contributed by atoms with E-state index in [0.717, 1.165) is 25.9 Å². The van der Waals surface area contributed by atoms with Gasteiger partial charge < -0.3 is 10.6 Å². The largest absolute Gasteiger partial charge is 0.401 e. The Labute approximate surface area is 142 Å². The quantitative estimate of drug-likeness (QED) is 0.321. The van der Waals surface area contributed by atoms with Crippen molar-refractivity contribution in [2.45, 2.75) is 38.3 Å². The molecule has 4 nitrogen and oxygen atoms in total. The highest BCUT2D eigenvalue weighted by Gasteiger charge is 2.28. The Hall–Kier alpha value is -0.250. The zero-order valence-corrected chi connectivity index (χ0v) is 14.9. The molecular weight excluding hydrogens is 396 g/mol. The van der Waals surface area contributed by atoms with Crippen molar-refractivity contribution < 1.29 is 13.2 Å².